The summed E-state index contributed by atoms with van der Waals surface area (Å²) in [5, 5.41) is 10.2. The van der Waals surface area contributed by atoms with Gasteiger partial charge in [0.05, 0.1) is 12.7 Å². The van der Waals surface area contributed by atoms with E-state index in [1.807, 2.05) is 42.5 Å². The van der Waals surface area contributed by atoms with Crippen molar-refractivity contribution in [1.29, 1.82) is 0 Å². The van der Waals surface area contributed by atoms with E-state index in [9.17, 15) is 9.90 Å². The maximum Gasteiger partial charge on any atom is 0.337 e. The van der Waals surface area contributed by atoms with Gasteiger partial charge in [0.1, 0.15) is 6.61 Å². The van der Waals surface area contributed by atoms with E-state index in [1.54, 1.807) is 18.2 Å². The lowest BCUT2D eigenvalue weighted by molar-refractivity contribution is 0.0600. The van der Waals surface area contributed by atoms with Gasteiger partial charge in [0.25, 0.3) is 0 Å². The minimum Gasteiger partial charge on any atom is -0.504 e. The van der Waals surface area contributed by atoms with Crippen LogP contribution in [0.5, 0.6) is 11.5 Å². The van der Waals surface area contributed by atoms with E-state index in [0.29, 0.717) is 17.9 Å². The SMILES string of the molecule is COC(=O)c1ccc(COc2c(O)cccc2CCc2ccccc2)cc1. The molecule has 27 heavy (non-hydrogen) atoms. The molecule has 3 aromatic carbocycles. The predicted octanol–water partition coefficient (Wildman–Crippen LogP) is 4.54. The maximum absolute atomic E-state index is 11.5. The van der Waals surface area contributed by atoms with E-state index in [2.05, 4.69) is 12.1 Å². The Morgan fingerprint density at radius 2 is 1.59 bits per heavy atom. The summed E-state index contributed by atoms with van der Waals surface area (Å²) in [7, 11) is 1.36. The van der Waals surface area contributed by atoms with E-state index < -0.39 is 0 Å². The Hall–Kier alpha value is -3.27. The van der Waals surface area contributed by atoms with Crippen molar-refractivity contribution in [3.63, 3.8) is 0 Å². The molecular weight excluding hydrogens is 340 g/mol. The van der Waals surface area contributed by atoms with Crippen molar-refractivity contribution in [2.75, 3.05) is 7.11 Å². The minimum absolute atomic E-state index is 0.131. The molecular formula is C23H22O4. The van der Waals surface area contributed by atoms with Gasteiger partial charge in [0, 0.05) is 0 Å². The van der Waals surface area contributed by atoms with Crippen LogP contribution in [-0.4, -0.2) is 18.2 Å². The molecule has 4 nitrogen and oxygen atoms in total. The number of aryl methyl sites for hydroxylation is 2. The van der Waals surface area contributed by atoms with Gasteiger partial charge >= 0.3 is 5.97 Å². The predicted molar refractivity (Wildman–Crippen MR) is 104 cm³/mol. The maximum atomic E-state index is 11.5. The number of esters is 1. The zero-order chi connectivity index (χ0) is 19.1. The van der Waals surface area contributed by atoms with Crippen LogP contribution in [0.3, 0.4) is 0 Å². The zero-order valence-corrected chi connectivity index (χ0v) is 15.2. The zero-order valence-electron chi connectivity index (χ0n) is 15.2. The normalized spacial score (nSPS) is 10.4. The molecule has 138 valence electrons. The molecule has 0 radical (unpaired) electrons. The van der Waals surface area contributed by atoms with E-state index in [-0.39, 0.29) is 11.7 Å². The number of hydrogen-bond donors (Lipinski definition) is 1. The number of methoxy groups -OCH3 is 1. The molecule has 0 spiro atoms. The van der Waals surface area contributed by atoms with Crippen molar-refractivity contribution in [3.05, 3.63) is 95.1 Å². The molecule has 0 aliphatic heterocycles. The monoisotopic (exact) mass is 362 g/mol. The van der Waals surface area contributed by atoms with Crippen molar-refractivity contribution in [2.45, 2.75) is 19.4 Å². The van der Waals surface area contributed by atoms with Gasteiger partial charge in [-0.25, -0.2) is 4.79 Å². The van der Waals surface area contributed by atoms with Gasteiger partial charge < -0.3 is 14.6 Å². The summed E-state index contributed by atoms with van der Waals surface area (Å²) in [5.74, 6) is 0.267. The highest BCUT2D eigenvalue weighted by molar-refractivity contribution is 5.89. The first-order valence-corrected chi connectivity index (χ1v) is 8.82. The molecule has 3 rings (SSSR count). The molecule has 0 saturated carbocycles. The third-order valence-electron chi connectivity index (χ3n) is 4.36. The number of ether oxygens (including phenoxy) is 2. The van der Waals surface area contributed by atoms with Gasteiger partial charge in [0.2, 0.25) is 0 Å². The number of benzene rings is 3. The lowest BCUT2D eigenvalue weighted by Crippen LogP contribution is -2.03. The van der Waals surface area contributed by atoms with E-state index in [0.717, 1.165) is 24.0 Å². The molecule has 1 N–H and O–H groups in total. The molecule has 0 bridgehead atoms. The Kier molecular flexibility index (Phi) is 6.10. The first kappa shape index (κ1) is 18.5. The van der Waals surface area contributed by atoms with Crippen LogP contribution in [0.15, 0.2) is 72.8 Å². The summed E-state index contributed by atoms with van der Waals surface area (Å²) in [6, 6.07) is 22.7. The second-order valence-corrected chi connectivity index (χ2v) is 6.23. The third kappa shape index (κ3) is 4.88. The smallest absolute Gasteiger partial charge is 0.337 e. The number of carbonyl (C=O) groups excluding carboxylic acids is 1. The van der Waals surface area contributed by atoms with E-state index in [4.69, 9.17) is 9.47 Å². The molecule has 0 aliphatic carbocycles. The van der Waals surface area contributed by atoms with Crippen LogP contribution in [0.4, 0.5) is 0 Å². The summed E-state index contributed by atoms with van der Waals surface area (Å²) in [4.78, 5) is 11.5. The lowest BCUT2D eigenvalue weighted by Gasteiger charge is -2.13. The van der Waals surface area contributed by atoms with Crippen LogP contribution in [-0.2, 0) is 24.2 Å². The number of hydrogen-bond acceptors (Lipinski definition) is 4. The Morgan fingerprint density at radius 1 is 0.852 bits per heavy atom. The average Bonchev–Trinajstić information content (AvgIpc) is 2.72. The average molecular weight is 362 g/mol. The number of phenols is 1. The van der Waals surface area contributed by atoms with Crippen molar-refractivity contribution in [2.24, 2.45) is 0 Å². The van der Waals surface area contributed by atoms with E-state index in [1.165, 1.54) is 12.7 Å². The van der Waals surface area contributed by atoms with Crippen LogP contribution in [0.25, 0.3) is 0 Å². The Bertz CT molecular complexity index is 886. The molecule has 4 heteroatoms. The van der Waals surface area contributed by atoms with E-state index >= 15 is 0 Å². The summed E-state index contributed by atoms with van der Waals surface area (Å²) >= 11 is 0. The van der Waals surface area contributed by atoms with Crippen LogP contribution in [0.1, 0.15) is 27.0 Å². The molecule has 0 atom stereocenters. The Balaban J connectivity index is 1.68. The first-order valence-electron chi connectivity index (χ1n) is 8.82. The molecule has 0 amide bonds. The first-order chi connectivity index (χ1) is 13.2. The summed E-state index contributed by atoms with van der Waals surface area (Å²) < 4.78 is 10.6. The lowest BCUT2D eigenvalue weighted by atomic mass is 10.0. The Labute approximate surface area is 159 Å². The van der Waals surface area contributed by atoms with Gasteiger partial charge in [-0.3, -0.25) is 0 Å². The highest BCUT2D eigenvalue weighted by atomic mass is 16.5. The fraction of sp³-hybridized carbons (Fsp3) is 0.174. The summed E-state index contributed by atoms with van der Waals surface area (Å²) in [6.45, 7) is 0.303. The molecule has 0 aromatic heterocycles. The van der Waals surface area contributed by atoms with Gasteiger partial charge in [-0.05, 0) is 47.7 Å². The second kappa shape index (κ2) is 8.90. The summed E-state index contributed by atoms with van der Waals surface area (Å²) in [6.07, 6.45) is 1.64. The topological polar surface area (TPSA) is 55.8 Å². The highest BCUT2D eigenvalue weighted by Gasteiger charge is 2.10. The highest BCUT2D eigenvalue weighted by Crippen LogP contribution is 2.31. The molecule has 0 heterocycles. The molecule has 0 aliphatic rings. The number of aromatic hydroxyl groups is 1. The molecule has 0 fully saturated rings. The fourth-order valence-electron chi connectivity index (χ4n) is 2.87. The van der Waals surface area contributed by atoms with Crippen molar-refractivity contribution in [3.8, 4) is 11.5 Å². The number of para-hydroxylation sites is 1. The van der Waals surface area contributed by atoms with Crippen molar-refractivity contribution >= 4 is 5.97 Å². The van der Waals surface area contributed by atoms with Crippen LogP contribution < -0.4 is 4.74 Å². The van der Waals surface area contributed by atoms with Gasteiger partial charge in [-0.15, -0.1) is 0 Å². The second-order valence-electron chi connectivity index (χ2n) is 6.23. The number of rotatable bonds is 7. The summed E-state index contributed by atoms with van der Waals surface area (Å²) in [5.41, 5.74) is 3.60. The Morgan fingerprint density at radius 3 is 2.30 bits per heavy atom. The van der Waals surface area contributed by atoms with Crippen LogP contribution >= 0.6 is 0 Å². The fourth-order valence-corrected chi connectivity index (χ4v) is 2.87. The molecule has 3 aromatic rings. The van der Waals surface area contributed by atoms with Crippen LogP contribution in [0, 0.1) is 0 Å². The molecule has 0 saturated heterocycles. The van der Waals surface area contributed by atoms with Crippen molar-refractivity contribution < 1.29 is 19.4 Å². The van der Waals surface area contributed by atoms with Crippen LogP contribution in [0.2, 0.25) is 0 Å². The number of carbonyl (C=O) groups is 1. The van der Waals surface area contributed by atoms with Crippen molar-refractivity contribution in [1.82, 2.24) is 0 Å². The minimum atomic E-state index is -0.369. The molecule has 0 unspecified atom stereocenters. The standard InChI is InChI=1S/C23H22O4/c1-26-23(25)20-14-11-18(12-15-20)16-27-22-19(8-5-9-21(22)24)13-10-17-6-3-2-4-7-17/h2-9,11-12,14-15,24H,10,13,16H2,1H3. The largest absolute Gasteiger partial charge is 0.504 e. The quantitative estimate of drug-likeness (QED) is 0.627. The third-order valence-corrected chi connectivity index (χ3v) is 4.36. The number of phenolic OH excluding ortho intramolecular Hbond substituents is 1. The van der Waals surface area contributed by atoms with Gasteiger partial charge in [0.15, 0.2) is 11.5 Å². The van der Waals surface area contributed by atoms with Gasteiger partial charge in [-0.2, -0.15) is 0 Å². The van der Waals surface area contributed by atoms with Gasteiger partial charge in [-0.1, -0.05) is 54.6 Å².